The second-order valence-corrected chi connectivity index (χ2v) is 7.71. The Kier molecular flexibility index (Phi) is 7.86. The Morgan fingerprint density at radius 1 is 1.23 bits per heavy atom. The molecule has 3 rings (SSSR count). The number of ether oxygens (including phenoxy) is 1. The SMILES string of the molecule is CCOC(=O)C1CCCN(C(=NC)NCc2ccc(C(=O)N3CCNC(=O)C3)cc2)C1. The number of nitrogens with zero attached hydrogens (tertiary/aromatic N) is 3. The molecule has 2 saturated heterocycles. The van der Waals surface area contributed by atoms with E-state index in [4.69, 9.17) is 4.74 Å². The average molecular weight is 430 g/mol. The summed E-state index contributed by atoms with van der Waals surface area (Å²) in [5.41, 5.74) is 1.57. The van der Waals surface area contributed by atoms with Crippen molar-refractivity contribution in [2.45, 2.75) is 26.3 Å². The van der Waals surface area contributed by atoms with Crippen molar-refractivity contribution in [2.24, 2.45) is 10.9 Å². The van der Waals surface area contributed by atoms with Crippen LogP contribution < -0.4 is 10.6 Å². The lowest BCUT2D eigenvalue weighted by Crippen LogP contribution is -2.49. The van der Waals surface area contributed by atoms with Gasteiger partial charge >= 0.3 is 5.97 Å². The zero-order valence-corrected chi connectivity index (χ0v) is 18.2. The molecule has 0 aromatic heterocycles. The lowest BCUT2D eigenvalue weighted by molar-refractivity contribution is -0.149. The first-order valence-corrected chi connectivity index (χ1v) is 10.8. The summed E-state index contributed by atoms with van der Waals surface area (Å²) in [6.07, 6.45) is 1.75. The van der Waals surface area contributed by atoms with Crippen LogP contribution in [0.2, 0.25) is 0 Å². The Hall–Kier alpha value is -3.10. The molecule has 2 aliphatic rings. The highest BCUT2D eigenvalue weighted by Crippen LogP contribution is 2.18. The van der Waals surface area contributed by atoms with E-state index in [-0.39, 0.29) is 30.2 Å². The highest BCUT2D eigenvalue weighted by molar-refractivity contribution is 5.97. The minimum absolute atomic E-state index is 0.0983. The number of hydrogen-bond acceptors (Lipinski definition) is 5. The normalized spacial score (nSPS) is 19.6. The highest BCUT2D eigenvalue weighted by atomic mass is 16.5. The van der Waals surface area contributed by atoms with Crippen molar-refractivity contribution in [2.75, 3.05) is 46.4 Å². The third kappa shape index (κ3) is 5.96. The van der Waals surface area contributed by atoms with Gasteiger partial charge in [0.2, 0.25) is 5.91 Å². The number of hydrogen-bond donors (Lipinski definition) is 2. The first-order chi connectivity index (χ1) is 15.0. The van der Waals surface area contributed by atoms with Crippen LogP contribution in [0.25, 0.3) is 0 Å². The Morgan fingerprint density at radius 2 is 2.00 bits per heavy atom. The minimum atomic E-state index is -0.144. The molecule has 9 heteroatoms. The number of piperazine rings is 1. The molecule has 2 N–H and O–H groups in total. The van der Waals surface area contributed by atoms with Crippen LogP contribution in [0.1, 0.15) is 35.7 Å². The molecule has 1 aromatic carbocycles. The van der Waals surface area contributed by atoms with Gasteiger partial charge in [0.05, 0.1) is 19.1 Å². The Labute approximate surface area is 182 Å². The van der Waals surface area contributed by atoms with E-state index in [1.807, 2.05) is 19.1 Å². The number of esters is 1. The van der Waals surface area contributed by atoms with Crippen molar-refractivity contribution in [1.29, 1.82) is 0 Å². The van der Waals surface area contributed by atoms with Gasteiger partial charge in [-0.1, -0.05) is 12.1 Å². The van der Waals surface area contributed by atoms with E-state index in [0.717, 1.165) is 30.9 Å². The molecule has 2 fully saturated rings. The fourth-order valence-corrected chi connectivity index (χ4v) is 3.90. The number of carbonyl (C=O) groups excluding carboxylic acids is 3. The molecule has 31 heavy (non-hydrogen) atoms. The fraction of sp³-hybridized carbons (Fsp3) is 0.545. The Balaban J connectivity index is 1.54. The molecule has 0 aliphatic carbocycles. The first-order valence-electron chi connectivity index (χ1n) is 10.8. The Bertz CT molecular complexity index is 824. The zero-order chi connectivity index (χ0) is 22.2. The maximum absolute atomic E-state index is 12.6. The van der Waals surface area contributed by atoms with Gasteiger partial charge in [-0.3, -0.25) is 19.4 Å². The van der Waals surface area contributed by atoms with Crippen LogP contribution in [0.15, 0.2) is 29.3 Å². The van der Waals surface area contributed by atoms with Crippen LogP contribution in [0.4, 0.5) is 0 Å². The number of carbonyl (C=O) groups is 3. The minimum Gasteiger partial charge on any atom is -0.466 e. The molecule has 1 aromatic rings. The maximum Gasteiger partial charge on any atom is 0.310 e. The van der Waals surface area contributed by atoms with Crippen molar-refractivity contribution in [3.63, 3.8) is 0 Å². The molecule has 9 nitrogen and oxygen atoms in total. The smallest absolute Gasteiger partial charge is 0.310 e. The second-order valence-electron chi connectivity index (χ2n) is 7.71. The number of likely N-dealkylation sites (tertiary alicyclic amines) is 1. The molecule has 2 amide bonds. The van der Waals surface area contributed by atoms with Gasteiger partial charge in [-0.05, 0) is 37.5 Å². The summed E-state index contributed by atoms with van der Waals surface area (Å²) < 4.78 is 5.17. The van der Waals surface area contributed by atoms with Gasteiger partial charge in [0.15, 0.2) is 5.96 Å². The summed E-state index contributed by atoms with van der Waals surface area (Å²) in [7, 11) is 1.73. The van der Waals surface area contributed by atoms with Crippen molar-refractivity contribution in [3.8, 4) is 0 Å². The molecule has 0 saturated carbocycles. The van der Waals surface area contributed by atoms with Gasteiger partial charge in [-0.25, -0.2) is 0 Å². The number of amides is 2. The summed E-state index contributed by atoms with van der Waals surface area (Å²) in [5.74, 6) is 0.204. The van der Waals surface area contributed by atoms with Gasteiger partial charge in [0.1, 0.15) is 0 Å². The van der Waals surface area contributed by atoms with Gasteiger partial charge < -0.3 is 25.2 Å². The largest absolute Gasteiger partial charge is 0.466 e. The summed E-state index contributed by atoms with van der Waals surface area (Å²) >= 11 is 0. The van der Waals surface area contributed by atoms with Crippen LogP contribution in [0.3, 0.4) is 0 Å². The number of nitrogens with one attached hydrogen (secondary N) is 2. The molecule has 0 spiro atoms. The van der Waals surface area contributed by atoms with Crippen LogP contribution in [-0.4, -0.2) is 79.9 Å². The number of benzene rings is 1. The molecule has 2 aliphatic heterocycles. The van der Waals surface area contributed by atoms with Crippen LogP contribution in [0, 0.1) is 5.92 Å². The highest BCUT2D eigenvalue weighted by Gasteiger charge is 2.28. The average Bonchev–Trinajstić information content (AvgIpc) is 2.80. The second kappa shape index (κ2) is 10.8. The third-order valence-corrected chi connectivity index (χ3v) is 5.53. The van der Waals surface area contributed by atoms with E-state index in [0.29, 0.717) is 38.3 Å². The summed E-state index contributed by atoms with van der Waals surface area (Å²) in [6.45, 7) is 5.30. The van der Waals surface area contributed by atoms with Crippen molar-refractivity contribution < 1.29 is 19.1 Å². The third-order valence-electron chi connectivity index (χ3n) is 5.53. The Morgan fingerprint density at radius 3 is 2.68 bits per heavy atom. The summed E-state index contributed by atoms with van der Waals surface area (Å²) in [5, 5.41) is 6.06. The van der Waals surface area contributed by atoms with Crippen LogP contribution >= 0.6 is 0 Å². The number of aliphatic imine (C=N–C) groups is 1. The fourth-order valence-electron chi connectivity index (χ4n) is 3.90. The first kappa shape index (κ1) is 22.6. The van der Waals surface area contributed by atoms with E-state index in [1.165, 1.54) is 0 Å². The summed E-state index contributed by atoms with van der Waals surface area (Å²) in [4.78, 5) is 44.2. The standard InChI is InChI=1S/C22H31N5O4/c1-3-31-21(30)18-5-4-11-27(14-18)22(23-2)25-13-16-6-8-17(9-7-16)20(29)26-12-10-24-19(28)15-26/h6-9,18H,3-5,10-15H2,1-2H3,(H,23,25)(H,24,28). The van der Waals surface area contributed by atoms with E-state index >= 15 is 0 Å². The van der Waals surface area contributed by atoms with Gasteiger partial charge in [-0.2, -0.15) is 0 Å². The molecule has 168 valence electrons. The topological polar surface area (TPSA) is 103 Å². The molecule has 2 heterocycles. The quantitative estimate of drug-likeness (QED) is 0.404. The van der Waals surface area contributed by atoms with Crippen molar-refractivity contribution >= 4 is 23.7 Å². The molecular formula is C22H31N5O4. The molecule has 1 atom stereocenters. The number of piperidine rings is 1. The maximum atomic E-state index is 12.6. The zero-order valence-electron chi connectivity index (χ0n) is 18.2. The van der Waals surface area contributed by atoms with Crippen molar-refractivity contribution in [1.82, 2.24) is 20.4 Å². The molecule has 0 radical (unpaired) electrons. The number of guanidine groups is 1. The van der Waals surface area contributed by atoms with E-state index in [2.05, 4.69) is 20.5 Å². The van der Waals surface area contributed by atoms with Gasteiger partial charge in [0, 0.05) is 45.3 Å². The molecule has 0 bridgehead atoms. The van der Waals surface area contributed by atoms with Crippen LogP contribution in [0.5, 0.6) is 0 Å². The number of rotatable bonds is 5. The molecule has 1 unspecified atom stereocenters. The lowest BCUT2D eigenvalue weighted by Gasteiger charge is -2.34. The van der Waals surface area contributed by atoms with E-state index < -0.39 is 0 Å². The van der Waals surface area contributed by atoms with Crippen LogP contribution in [-0.2, 0) is 20.9 Å². The lowest BCUT2D eigenvalue weighted by atomic mass is 9.98. The predicted molar refractivity (Wildman–Crippen MR) is 116 cm³/mol. The summed E-state index contributed by atoms with van der Waals surface area (Å²) in [6, 6.07) is 7.36. The van der Waals surface area contributed by atoms with Gasteiger partial charge in [-0.15, -0.1) is 0 Å². The monoisotopic (exact) mass is 429 g/mol. The predicted octanol–water partition coefficient (Wildman–Crippen LogP) is 0.609. The molecular weight excluding hydrogens is 398 g/mol. The van der Waals surface area contributed by atoms with E-state index in [9.17, 15) is 14.4 Å². The van der Waals surface area contributed by atoms with Gasteiger partial charge in [0.25, 0.3) is 5.91 Å². The van der Waals surface area contributed by atoms with Crippen molar-refractivity contribution in [3.05, 3.63) is 35.4 Å². The van der Waals surface area contributed by atoms with E-state index in [1.54, 1.807) is 24.1 Å².